The molecular weight excluding hydrogens is 312 g/mol. The molecule has 1 amide bonds. The standard InChI is InChI=1S/C17H26N2O3S/c1-13-7-9-18(10-8-13)17(20)12-19(23(4,21)22)16-11-14(2)5-6-15(16)3/h5-6,11,13H,7-10,12H2,1-4H3. The number of likely N-dealkylation sites (tertiary alicyclic amines) is 1. The average Bonchev–Trinajstić information content (AvgIpc) is 2.47. The van der Waals surface area contributed by atoms with Crippen LogP contribution in [0.25, 0.3) is 0 Å². The van der Waals surface area contributed by atoms with Crippen molar-refractivity contribution in [3.63, 3.8) is 0 Å². The van der Waals surface area contributed by atoms with E-state index in [1.54, 1.807) is 4.90 Å². The molecule has 1 aliphatic rings. The molecule has 0 N–H and O–H groups in total. The van der Waals surface area contributed by atoms with Gasteiger partial charge in [-0.1, -0.05) is 19.1 Å². The second-order valence-corrected chi connectivity index (χ2v) is 8.53. The Morgan fingerprint density at radius 3 is 2.43 bits per heavy atom. The Bertz CT molecular complexity index is 677. The van der Waals surface area contributed by atoms with Gasteiger partial charge in [0, 0.05) is 13.1 Å². The first-order chi connectivity index (χ1) is 10.7. The van der Waals surface area contributed by atoms with Crippen molar-refractivity contribution < 1.29 is 13.2 Å². The molecule has 128 valence electrons. The highest BCUT2D eigenvalue weighted by Crippen LogP contribution is 2.24. The number of anilines is 1. The highest BCUT2D eigenvalue weighted by atomic mass is 32.2. The van der Waals surface area contributed by atoms with Gasteiger partial charge < -0.3 is 4.90 Å². The number of amides is 1. The van der Waals surface area contributed by atoms with E-state index < -0.39 is 10.0 Å². The lowest BCUT2D eigenvalue weighted by molar-refractivity contribution is -0.130. The Morgan fingerprint density at radius 2 is 1.87 bits per heavy atom. The third-order valence-corrected chi connectivity index (χ3v) is 5.58. The maximum atomic E-state index is 12.6. The van der Waals surface area contributed by atoms with Crippen molar-refractivity contribution in [2.24, 2.45) is 5.92 Å². The minimum atomic E-state index is -3.52. The second kappa shape index (κ2) is 6.91. The molecule has 0 aromatic heterocycles. The second-order valence-electron chi connectivity index (χ2n) is 6.62. The molecule has 0 radical (unpaired) electrons. The van der Waals surface area contributed by atoms with E-state index in [2.05, 4.69) is 6.92 Å². The zero-order valence-corrected chi connectivity index (χ0v) is 15.2. The number of carbonyl (C=O) groups is 1. The number of rotatable bonds is 4. The highest BCUT2D eigenvalue weighted by molar-refractivity contribution is 7.92. The average molecular weight is 338 g/mol. The molecule has 1 aromatic rings. The minimum absolute atomic E-state index is 0.122. The van der Waals surface area contributed by atoms with E-state index in [1.807, 2.05) is 32.0 Å². The van der Waals surface area contributed by atoms with Crippen LogP contribution in [0.2, 0.25) is 0 Å². The SMILES string of the molecule is Cc1ccc(C)c(N(CC(=O)N2CCC(C)CC2)S(C)(=O)=O)c1. The predicted molar refractivity (Wildman–Crippen MR) is 93.1 cm³/mol. The van der Waals surface area contributed by atoms with Gasteiger partial charge >= 0.3 is 0 Å². The van der Waals surface area contributed by atoms with Crippen LogP contribution in [0.4, 0.5) is 5.69 Å². The molecule has 1 aromatic carbocycles. The molecule has 1 fully saturated rings. The monoisotopic (exact) mass is 338 g/mol. The summed E-state index contributed by atoms with van der Waals surface area (Å²) in [4.78, 5) is 14.3. The molecule has 23 heavy (non-hydrogen) atoms. The van der Waals surface area contributed by atoms with Crippen molar-refractivity contribution in [3.8, 4) is 0 Å². The lowest BCUT2D eigenvalue weighted by atomic mass is 9.99. The van der Waals surface area contributed by atoms with E-state index in [0.717, 1.165) is 30.2 Å². The molecule has 0 spiro atoms. The van der Waals surface area contributed by atoms with E-state index in [1.165, 1.54) is 4.31 Å². The van der Waals surface area contributed by atoms with Gasteiger partial charge in [-0.15, -0.1) is 0 Å². The third-order valence-electron chi connectivity index (χ3n) is 4.45. The molecule has 0 atom stereocenters. The fourth-order valence-electron chi connectivity index (χ4n) is 2.85. The first kappa shape index (κ1) is 17.8. The van der Waals surface area contributed by atoms with Crippen molar-refractivity contribution in [2.45, 2.75) is 33.6 Å². The molecule has 0 unspecified atom stereocenters. The summed E-state index contributed by atoms with van der Waals surface area (Å²) >= 11 is 0. The molecule has 0 saturated carbocycles. The normalized spacial score (nSPS) is 16.4. The maximum Gasteiger partial charge on any atom is 0.243 e. The van der Waals surface area contributed by atoms with Crippen LogP contribution in [0.5, 0.6) is 0 Å². The Kier molecular flexibility index (Phi) is 5.34. The molecule has 1 saturated heterocycles. The van der Waals surface area contributed by atoms with Crippen LogP contribution in [-0.2, 0) is 14.8 Å². The molecule has 2 rings (SSSR count). The van der Waals surface area contributed by atoms with Gasteiger partial charge in [0.1, 0.15) is 6.54 Å². The molecule has 5 nitrogen and oxygen atoms in total. The van der Waals surface area contributed by atoms with Gasteiger partial charge in [-0.25, -0.2) is 8.42 Å². The van der Waals surface area contributed by atoms with Gasteiger partial charge in [-0.2, -0.15) is 0 Å². The largest absolute Gasteiger partial charge is 0.341 e. The van der Waals surface area contributed by atoms with Crippen LogP contribution in [0.15, 0.2) is 18.2 Å². The topological polar surface area (TPSA) is 57.7 Å². The summed E-state index contributed by atoms with van der Waals surface area (Å²) in [5.41, 5.74) is 2.41. The zero-order valence-electron chi connectivity index (χ0n) is 14.4. The van der Waals surface area contributed by atoms with Crippen LogP contribution < -0.4 is 4.31 Å². The number of carbonyl (C=O) groups excluding carboxylic acids is 1. The van der Waals surface area contributed by atoms with Gasteiger partial charge in [0.05, 0.1) is 11.9 Å². The van der Waals surface area contributed by atoms with Crippen LogP contribution in [0.3, 0.4) is 0 Å². The lowest BCUT2D eigenvalue weighted by Gasteiger charge is -2.32. The van der Waals surface area contributed by atoms with E-state index in [4.69, 9.17) is 0 Å². The van der Waals surface area contributed by atoms with Gasteiger partial charge in [-0.3, -0.25) is 9.10 Å². The summed E-state index contributed by atoms with van der Waals surface area (Å²) in [7, 11) is -3.52. The Morgan fingerprint density at radius 1 is 1.26 bits per heavy atom. The quantitative estimate of drug-likeness (QED) is 0.846. The zero-order chi connectivity index (χ0) is 17.2. The van der Waals surface area contributed by atoms with Crippen LogP contribution >= 0.6 is 0 Å². The van der Waals surface area contributed by atoms with Gasteiger partial charge in [-0.05, 0) is 49.8 Å². The van der Waals surface area contributed by atoms with Gasteiger partial charge in [0.2, 0.25) is 15.9 Å². The molecule has 0 bridgehead atoms. The number of hydrogen-bond donors (Lipinski definition) is 0. The van der Waals surface area contributed by atoms with Crippen LogP contribution in [0, 0.1) is 19.8 Å². The van der Waals surface area contributed by atoms with Crippen LogP contribution in [-0.4, -0.2) is 45.1 Å². The Balaban J connectivity index is 2.23. The number of piperidine rings is 1. The molecule has 1 heterocycles. The van der Waals surface area contributed by atoms with E-state index in [-0.39, 0.29) is 12.5 Å². The van der Waals surface area contributed by atoms with E-state index in [9.17, 15) is 13.2 Å². The number of benzene rings is 1. The van der Waals surface area contributed by atoms with Gasteiger partial charge in [0.15, 0.2) is 0 Å². The molecule has 6 heteroatoms. The van der Waals surface area contributed by atoms with Crippen molar-refractivity contribution in [2.75, 3.05) is 30.2 Å². The fourth-order valence-corrected chi connectivity index (χ4v) is 3.75. The summed E-state index contributed by atoms with van der Waals surface area (Å²) in [5, 5.41) is 0. The van der Waals surface area contributed by atoms with Crippen molar-refractivity contribution >= 4 is 21.6 Å². The molecule has 1 aliphatic heterocycles. The fraction of sp³-hybridized carbons (Fsp3) is 0.588. The first-order valence-electron chi connectivity index (χ1n) is 8.01. The first-order valence-corrected chi connectivity index (χ1v) is 9.86. The molecule has 0 aliphatic carbocycles. The Hall–Kier alpha value is -1.56. The number of aryl methyl sites for hydroxylation is 2. The summed E-state index contributed by atoms with van der Waals surface area (Å²) < 4.78 is 25.7. The third kappa shape index (κ3) is 4.47. The van der Waals surface area contributed by atoms with E-state index >= 15 is 0 Å². The summed E-state index contributed by atoms with van der Waals surface area (Å²) in [5.74, 6) is 0.507. The summed E-state index contributed by atoms with van der Waals surface area (Å²) in [6.07, 6.45) is 3.11. The Labute approximate surface area is 139 Å². The number of nitrogens with zero attached hydrogens (tertiary/aromatic N) is 2. The van der Waals surface area contributed by atoms with Crippen LogP contribution in [0.1, 0.15) is 30.9 Å². The van der Waals surface area contributed by atoms with Crippen molar-refractivity contribution in [3.05, 3.63) is 29.3 Å². The summed E-state index contributed by atoms with van der Waals surface area (Å²) in [6.45, 7) is 7.25. The lowest BCUT2D eigenvalue weighted by Crippen LogP contribution is -2.45. The van der Waals surface area contributed by atoms with Crippen molar-refractivity contribution in [1.29, 1.82) is 0 Å². The highest BCUT2D eigenvalue weighted by Gasteiger charge is 2.27. The number of sulfonamides is 1. The minimum Gasteiger partial charge on any atom is -0.341 e. The smallest absolute Gasteiger partial charge is 0.243 e. The van der Waals surface area contributed by atoms with E-state index in [0.29, 0.717) is 24.7 Å². The maximum absolute atomic E-state index is 12.6. The number of hydrogen-bond acceptors (Lipinski definition) is 3. The van der Waals surface area contributed by atoms with Gasteiger partial charge in [0.25, 0.3) is 0 Å². The van der Waals surface area contributed by atoms with Crippen molar-refractivity contribution in [1.82, 2.24) is 4.90 Å². The predicted octanol–water partition coefficient (Wildman–Crippen LogP) is 2.33. The summed E-state index contributed by atoms with van der Waals surface area (Å²) in [6, 6.07) is 5.64. The molecular formula is C17H26N2O3S.